The van der Waals surface area contributed by atoms with Crippen LogP contribution in [0.4, 0.5) is 5.82 Å². The molecule has 0 radical (unpaired) electrons. The van der Waals surface area contributed by atoms with E-state index in [0.717, 1.165) is 5.69 Å². The summed E-state index contributed by atoms with van der Waals surface area (Å²) in [7, 11) is 1.78. The fourth-order valence-electron chi connectivity index (χ4n) is 2.06. The normalized spacial score (nSPS) is 10.8. The van der Waals surface area contributed by atoms with Crippen LogP contribution < -0.4 is 5.32 Å². The number of carbonyl (C=O) groups is 1. The first-order valence-corrected chi connectivity index (χ1v) is 6.49. The van der Waals surface area contributed by atoms with Crippen molar-refractivity contribution in [1.29, 1.82) is 0 Å². The number of furan rings is 1. The summed E-state index contributed by atoms with van der Waals surface area (Å²) in [6.45, 7) is 2.00. The molecule has 1 N–H and O–H groups in total. The number of rotatable bonds is 4. The van der Waals surface area contributed by atoms with E-state index in [2.05, 4.69) is 15.5 Å². The smallest absolute Gasteiger partial charge is 0.247 e. The van der Waals surface area contributed by atoms with Crippen molar-refractivity contribution in [2.75, 3.05) is 5.32 Å². The van der Waals surface area contributed by atoms with E-state index >= 15 is 0 Å². The molecule has 3 heterocycles. The lowest BCUT2D eigenvalue weighted by Crippen LogP contribution is -2.20. The SMILES string of the molecule is Cc1cc(NC(=O)Cn2ccc(-c3ccco3)n2)n(C)n1. The summed E-state index contributed by atoms with van der Waals surface area (Å²) in [5.41, 5.74) is 1.55. The minimum absolute atomic E-state index is 0.130. The molecule has 7 heteroatoms. The lowest BCUT2D eigenvalue weighted by molar-refractivity contribution is -0.116. The second-order valence-electron chi connectivity index (χ2n) is 4.72. The molecule has 0 fully saturated rings. The van der Waals surface area contributed by atoms with Crippen LogP contribution in [-0.4, -0.2) is 25.5 Å². The van der Waals surface area contributed by atoms with Crippen molar-refractivity contribution in [3.63, 3.8) is 0 Å². The van der Waals surface area contributed by atoms with E-state index < -0.39 is 0 Å². The Labute approximate surface area is 121 Å². The second kappa shape index (κ2) is 5.28. The lowest BCUT2D eigenvalue weighted by atomic mass is 10.3. The van der Waals surface area contributed by atoms with Crippen molar-refractivity contribution < 1.29 is 9.21 Å². The highest BCUT2D eigenvalue weighted by atomic mass is 16.3. The van der Waals surface area contributed by atoms with E-state index in [1.54, 1.807) is 41.0 Å². The minimum atomic E-state index is -0.160. The molecule has 0 bridgehead atoms. The maximum absolute atomic E-state index is 12.0. The lowest BCUT2D eigenvalue weighted by Gasteiger charge is -2.05. The van der Waals surface area contributed by atoms with Gasteiger partial charge in [0.05, 0.1) is 12.0 Å². The van der Waals surface area contributed by atoms with Crippen LogP contribution in [0.15, 0.2) is 41.1 Å². The van der Waals surface area contributed by atoms with Gasteiger partial charge in [-0.15, -0.1) is 0 Å². The Hall–Kier alpha value is -2.83. The van der Waals surface area contributed by atoms with Crippen LogP contribution in [0.5, 0.6) is 0 Å². The Morgan fingerprint density at radius 2 is 2.24 bits per heavy atom. The molecule has 0 aliphatic carbocycles. The Morgan fingerprint density at radius 3 is 2.90 bits per heavy atom. The quantitative estimate of drug-likeness (QED) is 0.793. The number of nitrogens with one attached hydrogen (secondary N) is 1. The van der Waals surface area contributed by atoms with Crippen molar-refractivity contribution in [1.82, 2.24) is 19.6 Å². The molecule has 0 aromatic carbocycles. The van der Waals surface area contributed by atoms with Crippen molar-refractivity contribution in [3.8, 4) is 11.5 Å². The number of aryl methyl sites for hydroxylation is 2. The van der Waals surface area contributed by atoms with Gasteiger partial charge in [0, 0.05) is 19.3 Å². The number of hydrogen-bond acceptors (Lipinski definition) is 4. The fourth-order valence-corrected chi connectivity index (χ4v) is 2.06. The third kappa shape index (κ3) is 2.86. The average molecular weight is 285 g/mol. The van der Waals surface area contributed by atoms with E-state index in [-0.39, 0.29) is 12.5 Å². The summed E-state index contributed by atoms with van der Waals surface area (Å²) in [5.74, 6) is 1.18. The number of aromatic nitrogens is 4. The summed E-state index contributed by atoms with van der Waals surface area (Å²) in [6, 6.07) is 7.24. The summed E-state index contributed by atoms with van der Waals surface area (Å²) in [6.07, 6.45) is 3.33. The molecule has 0 saturated carbocycles. The minimum Gasteiger partial charge on any atom is -0.463 e. The highest BCUT2D eigenvalue weighted by Gasteiger charge is 2.10. The van der Waals surface area contributed by atoms with Crippen molar-refractivity contribution >= 4 is 11.7 Å². The van der Waals surface area contributed by atoms with Crippen LogP contribution >= 0.6 is 0 Å². The maximum Gasteiger partial charge on any atom is 0.247 e. The van der Waals surface area contributed by atoms with E-state index in [1.807, 2.05) is 19.1 Å². The summed E-state index contributed by atoms with van der Waals surface area (Å²) < 4.78 is 8.46. The van der Waals surface area contributed by atoms with Crippen LogP contribution in [0, 0.1) is 6.92 Å². The summed E-state index contributed by atoms with van der Waals surface area (Å²) >= 11 is 0. The molecule has 0 aliphatic heterocycles. The number of hydrogen-bond donors (Lipinski definition) is 1. The zero-order valence-corrected chi connectivity index (χ0v) is 11.8. The molecule has 0 atom stereocenters. The number of amides is 1. The maximum atomic E-state index is 12.0. The van der Waals surface area contributed by atoms with Gasteiger partial charge in [0.2, 0.25) is 5.91 Å². The van der Waals surface area contributed by atoms with Gasteiger partial charge in [-0.3, -0.25) is 14.2 Å². The predicted molar refractivity (Wildman–Crippen MR) is 76.5 cm³/mol. The average Bonchev–Trinajstić information content (AvgIpc) is 3.11. The van der Waals surface area contributed by atoms with E-state index in [4.69, 9.17) is 4.42 Å². The second-order valence-corrected chi connectivity index (χ2v) is 4.72. The number of carbonyl (C=O) groups excluding carboxylic acids is 1. The zero-order chi connectivity index (χ0) is 14.8. The molecule has 108 valence electrons. The first-order chi connectivity index (χ1) is 10.1. The first kappa shape index (κ1) is 13.2. The standard InChI is InChI=1S/C14H15N5O2/c1-10-8-13(18(2)16-10)15-14(20)9-19-6-5-11(17-19)12-4-3-7-21-12/h3-8H,9H2,1-2H3,(H,15,20). The first-order valence-electron chi connectivity index (χ1n) is 6.49. The van der Waals surface area contributed by atoms with Crippen molar-refractivity contribution in [3.05, 3.63) is 42.4 Å². The Morgan fingerprint density at radius 1 is 1.38 bits per heavy atom. The van der Waals surface area contributed by atoms with Crippen LogP contribution in [0.25, 0.3) is 11.5 Å². The van der Waals surface area contributed by atoms with Crippen LogP contribution in [0.2, 0.25) is 0 Å². The zero-order valence-electron chi connectivity index (χ0n) is 11.8. The van der Waals surface area contributed by atoms with Crippen molar-refractivity contribution in [2.45, 2.75) is 13.5 Å². The molecule has 1 amide bonds. The van der Waals surface area contributed by atoms with Crippen LogP contribution in [0.1, 0.15) is 5.69 Å². The summed E-state index contributed by atoms with van der Waals surface area (Å²) in [4.78, 5) is 12.0. The van der Waals surface area contributed by atoms with Gasteiger partial charge in [-0.1, -0.05) is 0 Å². The van der Waals surface area contributed by atoms with Gasteiger partial charge < -0.3 is 9.73 Å². The molecule has 3 rings (SSSR count). The monoisotopic (exact) mass is 285 g/mol. The highest BCUT2D eigenvalue weighted by molar-refractivity contribution is 5.89. The molecule has 7 nitrogen and oxygen atoms in total. The van der Waals surface area contributed by atoms with Gasteiger partial charge in [0.25, 0.3) is 0 Å². The predicted octanol–water partition coefficient (Wildman–Crippen LogP) is 1.82. The number of anilines is 1. The van der Waals surface area contributed by atoms with Crippen molar-refractivity contribution in [2.24, 2.45) is 7.05 Å². The molecule has 21 heavy (non-hydrogen) atoms. The molecule has 3 aromatic rings. The molecule has 3 aromatic heterocycles. The van der Waals surface area contributed by atoms with Gasteiger partial charge in [-0.05, 0) is 25.1 Å². The topological polar surface area (TPSA) is 77.9 Å². The van der Waals surface area contributed by atoms with Gasteiger partial charge >= 0.3 is 0 Å². The van der Waals surface area contributed by atoms with Gasteiger partial charge in [-0.25, -0.2) is 0 Å². The molecule has 0 spiro atoms. The molecular formula is C14H15N5O2. The molecule has 0 saturated heterocycles. The number of nitrogens with zero attached hydrogens (tertiary/aromatic N) is 4. The summed E-state index contributed by atoms with van der Waals surface area (Å²) in [5, 5.41) is 11.3. The molecule has 0 unspecified atom stereocenters. The van der Waals surface area contributed by atoms with Crippen LogP contribution in [-0.2, 0) is 18.4 Å². The fraction of sp³-hybridized carbons (Fsp3) is 0.214. The Balaban J connectivity index is 1.66. The third-order valence-electron chi connectivity index (χ3n) is 2.99. The van der Waals surface area contributed by atoms with E-state index in [1.165, 1.54) is 0 Å². The molecular weight excluding hydrogens is 270 g/mol. The van der Waals surface area contributed by atoms with Gasteiger partial charge in [0.15, 0.2) is 5.76 Å². The van der Waals surface area contributed by atoms with E-state index in [0.29, 0.717) is 17.3 Å². The Kier molecular flexibility index (Phi) is 3.31. The van der Waals surface area contributed by atoms with E-state index in [9.17, 15) is 4.79 Å². The highest BCUT2D eigenvalue weighted by Crippen LogP contribution is 2.16. The van der Waals surface area contributed by atoms with Gasteiger partial charge in [-0.2, -0.15) is 10.2 Å². The largest absolute Gasteiger partial charge is 0.463 e. The Bertz CT molecular complexity index is 754. The molecule has 0 aliphatic rings. The van der Waals surface area contributed by atoms with Crippen LogP contribution in [0.3, 0.4) is 0 Å². The third-order valence-corrected chi connectivity index (χ3v) is 2.99. The van der Waals surface area contributed by atoms with Gasteiger partial charge in [0.1, 0.15) is 18.1 Å².